The molecule has 0 saturated heterocycles. The van der Waals surface area contributed by atoms with Gasteiger partial charge in [-0.05, 0) is 19.3 Å². The highest BCUT2D eigenvalue weighted by molar-refractivity contribution is 5.59. The van der Waals surface area contributed by atoms with Crippen molar-refractivity contribution < 1.29 is 4.79 Å². The van der Waals surface area contributed by atoms with Gasteiger partial charge in [-0.1, -0.05) is 32.8 Å². The second-order valence-corrected chi connectivity index (χ2v) is 3.43. The van der Waals surface area contributed by atoms with Gasteiger partial charge in [0.2, 0.25) is 0 Å². The summed E-state index contributed by atoms with van der Waals surface area (Å²) in [6.07, 6.45) is 8.04. The lowest BCUT2D eigenvalue weighted by Crippen LogP contribution is -2.20. The van der Waals surface area contributed by atoms with Gasteiger partial charge in [0.15, 0.2) is 0 Å². The fourth-order valence-electron chi connectivity index (χ4n) is 1.43. The van der Waals surface area contributed by atoms with Gasteiger partial charge in [0.25, 0.3) is 0 Å². The van der Waals surface area contributed by atoms with E-state index in [-0.39, 0.29) is 5.41 Å². The predicted octanol–water partition coefficient (Wildman–Crippen LogP) is 3.35. The van der Waals surface area contributed by atoms with Crippen molar-refractivity contribution in [1.29, 1.82) is 0 Å². The Hall–Kier alpha value is -0.590. The van der Waals surface area contributed by atoms with Crippen LogP contribution < -0.4 is 0 Å². The van der Waals surface area contributed by atoms with Crippen molar-refractivity contribution in [2.24, 2.45) is 5.41 Å². The van der Waals surface area contributed by atoms with Crippen molar-refractivity contribution in [2.45, 2.75) is 46.0 Å². The summed E-state index contributed by atoms with van der Waals surface area (Å²) in [5.74, 6) is 0. The Kier molecular flexibility index (Phi) is 5.69. The molecule has 0 aromatic heterocycles. The Labute approximate surface area is 75.9 Å². The molecule has 1 unspecified atom stereocenters. The van der Waals surface area contributed by atoms with E-state index in [4.69, 9.17) is 0 Å². The molecule has 1 atom stereocenters. The summed E-state index contributed by atoms with van der Waals surface area (Å²) in [6.45, 7) is 7.92. The topological polar surface area (TPSA) is 17.1 Å². The molecule has 70 valence electrons. The third kappa shape index (κ3) is 3.21. The first kappa shape index (κ1) is 11.4. The predicted molar refractivity (Wildman–Crippen MR) is 53.1 cm³/mol. The number of hydrogen-bond acceptors (Lipinski definition) is 1. The standard InChI is InChI=1S/C11H20O/c1-4-7-9-11(6-3,10-12)8-5-2/h5,10H,2,4,6-9H2,1,3H3. The van der Waals surface area contributed by atoms with Crippen molar-refractivity contribution in [3.63, 3.8) is 0 Å². The summed E-state index contributed by atoms with van der Waals surface area (Å²) in [5.41, 5.74) is -0.113. The van der Waals surface area contributed by atoms with E-state index < -0.39 is 0 Å². The molecule has 0 aliphatic carbocycles. The molecular weight excluding hydrogens is 148 g/mol. The molecule has 0 radical (unpaired) electrons. The Morgan fingerprint density at radius 2 is 2.08 bits per heavy atom. The van der Waals surface area contributed by atoms with E-state index in [1.165, 1.54) is 0 Å². The van der Waals surface area contributed by atoms with Crippen LogP contribution >= 0.6 is 0 Å². The van der Waals surface area contributed by atoms with E-state index in [1.807, 2.05) is 6.08 Å². The molecule has 0 bridgehead atoms. The number of rotatable bonds is 7. The minimum atomic E-state index is -0.113. The minimum Gasteiger partial charge on any atom is -0.303 e. The molecule has 0 aromatic rings. The lowest BCUT2D eigenvalue weighted by molar-refractivity contribution is -0.116. The van der Waals surface area contributed by atoms with E-state index in [9.17, 15) is 4.79 Å². The van der Waals surface area contributed by atoms with Gasteiger partial charge in [-0.2, -0.15) is 0 Å². The van der Waals surface area contributed by atoms with Crippen LogP contribution in [0.15, 0.2) is 12.7 Å². The molecule has 0 fully saturated rings. The highest BCUT2D eigenvalue weighted by Gasteiger charge is 2.24. The zero-order chi connectivity index (χ0) is 9.45. The number of hydrogen-bond donors (Lipinski definition) is 0. The van der Waals surface area contributed by atoms with Gasteiger partial charge in [-0.25, -0.2) is 0 Å². The quantitative estimate of drug-likeness (QED) is 0.421. The molecule has 0 amide bonds. The van der Waals surface area contributed by atoms with Crippen LogP contribution in [0.2, 0.25) is 0 Å². The van der Waals surface area contributed by atoms with Gasteiger partial charge in [0.05, 0.1) is 0 Å². The van der Waals surface area contributed by atoms with Crippen molar-refractivity contribution in [2.75, 3.05) is 0 Å². The van der Waals surface area contributed by atoms with Crippen molar-refractivity contribution in [3.8, 4) is 0 Å². The monoisotopic (exact) mass is 168 g/mol. The lowest BCUT2D eigenvalue weighted by atomic mass is 9.79. The Morgan fingerprint density at radius 1 is 1.42 bits per heavy atom. The summed E-state index contributed by atoms with van der Waals surface area (Å²) in [4.78, 5) is 10.9. The third-order valence-electron chi connectivity index (χ3n) is 2.53. The normalized spacial score (nSPS) is 15.2. The molecule has 0 aliphatic heterocycles. The number of carbonyl (C=O) groups excluding carboxylic acids is 1. The first-order chi connectivity index (χ1) is 5.74. The number of unbranched alkanes of at least 4 members (excludes halogenated alkanes) is 1. The fourth-order valence-corrected chi connectivity index (χ4v) is 1.43. The van der Waals surface area contributed by atoms with Crippen LogP contribution in [0.1, 0.15) is 46.0 Å². The molecule has 12 heavy (non-hydrogen) atoms. The van der Waals surface area contributed by atoms with Gasteiger partial charge < -0.3 is 4.79 Å². The van der Waals surface area contributed by atoms with Gasteiger partial charge in [-0.15, -0.1) is 6.58 Å². The highest BCUT2D eigenvalue weighted by Crippen LogP contribution is 2.30. The Bertz CT molecular complexity index is 140. The second-order valence-electron chi connectivity index (χ2n) is 3.43. The van der Waals surface area contributed by atoms with E-state index >= 15 is 0 Å². The first-order valence-corrected chi connectivity index (χ1v) is 4.82. The molecule has 1 heteroatoms. The molecular formula is C11H20O. The molecule has 0 spiro atoms. The van der Waals surface area contributed by atoms with Crippen LogP contribution in [0.5, 0.6) is 0 Å². The maximum absolute atomic E-state index is 10.9. The molecule has 0 N–H and O–H groups in total. The third-order valence-corrected chi connectivity index (χ3v) is 2.53. The Morgan fingerprint density at radius 3 is 2.42 bits per heavy atom. The fraction of sp³-hybridized carbons (Fsp3) is 0.727. The van der Waals surface area contributed by atoms with Gasteiger partial charge >= 0.3 is 0 Å². The van der Waals surface area contributed by atoms with E-state index in [0.29, 0.717) is 0 Å². The van der Waals surface area contributed by atoms with E-state index in [1.54, 1.807) is 0 Å². The molecule has 0 rings (SSSR count). The highest BCUT2D eigenvalue weighted by atomic mass is 16.1. The zero-order valence-corrected chi connectivity index (χ0v) is 8.31. The van der Waals surface area contributed by atoms with Gasteiger partial charge in [0.1, 0.15) is 6.29 Å². The number of aldehydes is 1. The summed E-state index contributed by atoms with van der Waals surface area (Å²) < 4.78 is 0. The van der Waals surface area contributed by atoms with Crippen LogP contribution in [0.25, 0.3) is 0 Å². The van der Waals surface area contributed by atoms with E-state index in [2.05, 4.69) is 20.4 Å². The SMILES string of the molecule is C=CCC(C=O)(CC)CCCC. The lowest BCUT2D eigenvalue weighted by Gasteiger charge is -2.24. The number of carbonyl (C=O) groups is 1. The van der Waals surface area contributed by atoms with Crippen molar-refractivity contribution in [3.05, 3.63) is 12.7 Å². The molecule has 0 saturated carbocycles. The van der Waals surface area contributed by atoms with Crippen LogP contribution in [-0.2, 0) is 4.79 Å². The average Bonchev–Trinajstić information content (AvgIpc) is 2.13. The summed E-state index contributed by atoms with van der Waals surface area (Å²) >= 11 is 0. The smallest absolute Gasteiger partial charge is 0.126 e. The maximum Gasteiger partial charge on any atom is 0.126 e. The first-order valence-electron chi connectivity index (χ1n) is 4.82. The average molecular weight is 168 g/mol. The zero-order valence-electron chi connectivity index (χ0n) is 8.31. The molecule has 0 heterocycles. The van der Waals surface area contributed by atoms with Gasteiger partial charge in [-0.3, -0.25) is 0 Å². The van der Waals surface area contributed by atoms with Crippen LogP contribution in [0.3, 0.4) is 0 Å². The number of allylic oxidation sites excluding steroid dienone is 1. The van der Waals surface area contributed by atoms with Crippen LogP contribution in [-0.4, -0.2) is 6.29 Å². The Balaban J connectivity index is 4.13. The largest absolute Gasteiger partial charge is 0.303 e. The minimum absolute atomic E-state index is 0.113. The van der Waals surface area contributed by atoms with Gasteiger partial charge in [0, 0.05) is 5.41 Å². The van der Waals surface area contributed by atoms with Crippen LogP contribution in [0, 0.1) is 5.41 Å². The van der Waals surface area contributed by atoms with Crippen molar-refractivity contribution in [1.82, 2.24) is 0 Å². The van der Waals surface area contributed by atoms with E-state index in [0.717, 1.165) is 38.4 Å². The molecule has 0 aromatic carbocycles. The molecule has 0 aliphatic rings. The van der Waals surface area contributed by atoms with Crippen LogP contribution in [0.4, 0.5) is 0 Å². The molecule has 1 nitrogen and oxygen atoms in total. The maximum atomic E-state index is 10.9. The second kappa shape index (κ2) is 5.99. The summed E-state index contributed by atoms with van der Waals surface area (Å²) in [7, 11) is 0. The van der Waals surface area contributed by atoms with Crippen molar-refractivity contribution >= 4 is 6.29 Å². The summed E-state index contributed by atoms with van der Waals surface area (Å²) in [5, 5.41) is 0. The summed E-state index contributed by atoms with van der Waals surface area (Å²) in [6, 6.07) is 0.